The van der Waals surface area contributed by atoms with E-state index in [4.69, 9.17) is 0 Å². The average Bonchev–Trinajstić information content (AvgIpc) is 2.63. The first-order valence-electron chi connectivity index (χ1n) is 4.59. The maximum absolute atomic E-state index is 11.1. The normalized spacial score (nSPS) is 9.86. The van der Waals surface area contributed by atoms with E-state index in [0.29, 0.717) is 11.7 Å². The van der Waals surface area contributed by atoms with E-state index in [1.54, 1.807) is 0 Å². The van der Waals surface area contributed by atoms with Crippen LogP contribution in [0.5, 0.6) is 0 Å². The number of aryl methyl sites for hydroxylation is 1. The summed E-state index contributed by atoms with van der Waals surface area (Å²) in [5.41, 5.74) is 0. The van der Waals surface area contributed by atoms with E-state index in [0.717, 1.165) is 12.2 Å². The molecule has 0 aliphatic carbocycles. The number of aromatic nitrogens is 2. The predicted molar refractivity (Wildman–Crippen MR) is 56.5 cm³/mol. The molecule has 0 atom stereocenters. The molecule has 1 heterocycles. The van der Waals surface area contributed by atoms with Crippen molar-refractivity contribution >= 4 is 22.6 Å². The van der Waals surface area contributed by atoms with Crippen LogP contribution in [-0.2, 0) is 11.2 Å². The first kappa shape index (κ1) is 10.9. The number of carbonyl (C=O) groups excluding carboxylic acids is 1. The van der Waals surface area contributed by atoms with Gasteiger partial charge in [-0.15, -0.1) is 0 Å². The summed E-state index contributed by atoms with van der Waals surface area (Å²) in [5.74, 6) is 0.786. The number of nitrogens with one attached hydrogen (secondary N) is 2. The van der Waals surface area contributed by atoms with Gasteiger partial charge in [0.1, 0.15) is 5.82 Å². The van der Waals surface area contributed by atoms with Crippen LogP contribution in [0, 0.1) is 0 Å². The summed E-state index contributed by atoms with van der Waals surface area (Å²) in [6, 6.07) is 0. The molecule has 1 aromatic heterocycles. The lowest BCUT2D eigenvalue weighted by Gasteiger charge is -2.01. The Morgan fingerprint density at radius 1 is 1.50 bits per heavy atom. The maximum atomic E-state index is 11.1. The number of amides is 1. The molecule has 14 heavy (non-hydrogen) atoms. The van der Waals surface area contributed by atoms with Crippen molar-refractivity contribution < 1.29 is 4.79 Å². The quantitative estimate of drug-likeness (QED) is 0.755. The third-order valence-corrected chi connectivity index (χ3v) is 2.27. The molecular weight excluding hydrogens is 200 g/mol. The van der Waals surface area contributed by atoms with Crippen molar-refractivity contribution in [1.82, 2.24) is 14.7 Å². The largest absolute Gasteiger partial charge is 0.355 e. The zero-order valence-corrected chi connectivity index (χ0v) is 9.15. The maximum Gasteiger partial charge on any atom is 0.239 e. The Balaban J connectivity index is 2.34. The minimum absolute atomic E-state index is 0.0271. The summed E-state index contributed by atoms with van der Waals surface area (Å²) >= 11 is 1.28. The standard InChI is InChI=1S/C8H14N4OS/c1-3-6-11-8(14-12-6)10-5-7(13)9-4-2/h3-5H2,1-2H3,(H,9,13)(H,10,11,12). The third-order valence-electron chi connectivity index (χ3n) is 1.56. The molecule has 0 saturated carbocycles. The topological polar surface area (TPSA) is 66.9 Å². The zero-order chi connectivity index (χ0) is 10.4. The fourth-order valence-corrected chi connectivity index (χ4v) is 1.53. The van der Waals surface area contributed by atoms with Gasteiger partial charge in [-0.05, 0) is 6.92 Å². The number of anilines is 1. The minimum Gasteiger partial charge on any atom is -0.355 e. The van der Waals surface area contributed by atoms with Crippen LogP contribution < -0.4 is 10.6 Å². The van der Waals surface area contributed by atoms with Gasteiger partial charge in [0.25, 0.3) is 0 Å². The summed E-state index contributed by atoms with van der Waals surface area (Å²) < 4.78 is 4.09. The van der Waals surface area contributed by atoms with Crippen LogP contribution in [0.2, 0.25) is 0 Å². The molecule has 0 spiro atoms. The van der Waals surface area contributed by atoms with Gasteiger partial charge in [-0.1, -0.05) is 6.92 Å². The summed E-state index contributed by atoms with van der Waals surface area (Å²) in [7, 11) is 0. The van der Waals surface area contributed by atoms with Crippen LogP contribution in [0.3, 0.4) is 0 Å². The van der Waals surface area contributed by atoms with Gasteiger partial charge < -0.3 is 10.6 Å². The Labute approximate surface area is 87.1 Å². The molecule has 0 aliphatic rings. The van der Waals surface area contributed by atoms with Crippen LogP contribution in [-0.4, -0.2) is 28.4 Å². The summed E-state index contributed by atoms with van der Waals surface area (Å²) in [4.78, 5) is 15.3. The molecule has 5 nitrogen and oxygen atoms in total. The van der Waals surface area contributed by atoms with E-state index in [2.05, 4.69) is 20.0 Å². The molecule has 1 rings (SSSR count). The van der Waals surface area contributed by atoms with Crippen molar-refractivity contribution in [2.45, 2.75) is 20.3 Å². The molecule has 0 fully saturated rings. The van der Waals surface area contributed by atoms with E-state index in [1.807, 2.05) is 13.8 Å². The molecule has 0 aliphatic heterocycles. The van der Waals surface area contributed by atoms with E-state index in [9.17, 15) is 4.79 Å². The van der Waals surface area contributed by atoms with Crippen LogP contribution in [0.25, 0.3) is 0 Å². The first-order valence-corrected chi connectivity index (χ1v) is 5.36. The van der Waals surface area contributed by atoms with Crippen molar-refractivity contribution in [1.29, 1.82) is 0 Å². The molecule has 0 saturated heterocycles. The van der Waals surface area contributed by atoms with Crippen molar-refractivity contribution in [2.75, 3.05) is 18.4 Å². The molecule has 0 aromatic carbocycles. The number of hydrogen-bond donors (Lipinski definition) is 2. The van der Waals surface area contributed by atoms with Crippen LogP contribution in [0.15, 0.2) is 0 Å². The van der Waals surface area contributed by atoms with Gasteiger partial charge in [0.05, 0.1) is 6.54 Å². The Kier molecular flexibility index (Phi) is 4.31. The molecule has 6 heteroatoms. The average molecular weight is 214 g/mol. The van der Waals surface area contributed by atoms with Crippen molar-refractivity contribution in [3.05, 3.63) is 5.82 Å². The number of likely N-dealkylation sites (N-methyl/N-ethyl adjacent to an activating group) is 1. The SMILES string of the molecule is CCNC(=O)CNc1nc(CC)ns1. The van der Waals surface area contributed by atoms with Gasteiger partial charge in [-0.3, -0.25) is 4.79 Å². The highest BCUT2D eigenvalue weighted by molar-refractivity contribution is 7.09. The lowest BCUT2D eigenvalue weighted by atomic mass is 10.5. The van der Waals surface area contributed by atoms with Gasteiger partial charge >= 0.3 is 0 Å². The second kappa shape index (κ2) is 5.54. The van der Waals surface area contributed by atoms with E-state index >= 15 is 0 Å². The summed E-state index contributed by atoms with van der Waals surface area (Å²) in [5, 5.41) is 6.31. The Bertz CT molecular complexity index is 299. The predicted octanol–water partition coefficient (Wildman–Crippen LogP) is 0.648. The van der Waals surface area contributed by atoms with Crippen molar-refractivity contribution in [2.24, 2.45) is 0 Å². The fourth-order valence-electron chi connectivity index (χ4n) is 0.885. The highest BCUT2D eigenvalue weighted by Gasteiger charge is 2.03. The molecule has 1 amide bonds. The molecule has 1 aromatic rings. The third kappa shape index (κ3) is 3.29. The minimum atomic E-state index is -0.0271. The molecular formula is C8H14N4OS. The van der Waals surface area contributed by atoms with E-state index in [-0.39, 0.29) is 12.5 Å². The number of hydrogen-bond acceptors (Lipinski definition) is 5. The number of carbonyl (C=O) groups is 1. The summed E-state index contributed by atoms with van der Waals surface area (Å²) in [6.45, 7) is 4.79. The Morgan fingerprint density at radius 2 is 2.29 bits per heavy atom. The lowest BCUT2D eigenvalue weighted by Crippen LogP contribution is -2.29. The lowest BCUT2D eigenvalue weighted by molar-refractivity contribution is -0.119. The van der Waals surface area contributed by atoms with Crippen LogP contribution in [0.4, 0.5) is 5.13 Å². The monoisotopic (exact) mass is 214 g/mol. The fraction of sp³-hybridized carbons (Fsp3) is 0.625. The van der Waals surface area contributed by atoms with Gasteiger partial charge in [0.2, 0.25) is 11.0 Å². The number of rotatable bonds is 5. The van der Waals surface area contributed by atoms with Gasteiger partial charge in [0.15, 0.2) is 0 Å². The van der Waals surface area contributed by atoms with Crippen LogP contribution >= 0.6 is 11.5 Å². The molecule has 0 unspecified atom stereocenters. The molecule has 78 valence electrons. The Morgan fingerprint density at radius 3 is 2.86 bits per heavy atom. The first-order chi connectivity index (χ1) is 6.76. The molecule has 0 radical (unpaired) electrons. The van der Waals surface area contributed by atoms with Crippen molar-refractivity contribution in [3.63, 3.8) is 0 Å². The van der Waals surface area contributed by atoms with Crippen molar-refractivity contribution in [3.8, 4) is 0 Å². The van der Waals surface area contributed by atoms with Gasteiger partial charge in [-0.2, -0.15) is 4.37 Å². The number of nitrogens with zero attached hydrogens (tertiary/aromatic N) is 2. The Hall–Kier alpha value is -1.17. The van der Waals surface area contributed by atoms with E-state index < -0.39 is 0 Å². The second-order valence-electron chi connectivity index (χ2n) is 2.68. The van der Waals surface area contributed by atoms with Crippen LogP contribution in [0.1, 0.15) is 19.7 Å². The molecule has 2 N–H and O–H groups in total. The van der Waals surface area contributed by atoms with Gasteiger partial charge in [-0.25, -0.2) is 4.98 Å². The van der Waals surface area contributed by atoms with E-state index in [1.165, 1.54) is 11.5 Å². The smallest absolute Gasteiger partial charge is 0.239 e. The second-order valence-corrected chi connectivity index (χ2v) is 3.43. The highest BCUT2D eigenvalue weighted by atomic mass is 32.1. The summed E-state index contributed by atoms with van der Waals surface area (Å²) in [6.07, 6.45) is 0.819. The molecule has 0 bridgehead atoms. The highest BCUT2D eigenvalue weighted by Crippen LogP contribution is 2.10. The van der Waals surface area contributed by atoms with Gasteiger partial charge in [0, 0.05) is 24.5 Å². The zero-order valence-electron chi connectivity index (χ0n) is 8.33.